The molecule has 0 bridgehead atoms. The molecule has 1 aromatic carbocycles. The Bertz CT molecular complexity index is 585. The molecule has 0 saturated heterocycles. The summed E-state index contributed by atoms with van der Waals surface area (Å²) in [6, 6.07) is 6.22. The fourth-order valence-corrected chi connectivity index (χ4v) is 2.85. The van der Waals surface area contributed by atoms with Crippen molar-refractivity contribution >= 4 is 38.9 Å². The Morgan fingerprint density at radius 3 is 2.83 bits per heavy atom. The predicted octanol–water partition coefficient (Wildman–Crippen LogP) is 3.36. The quantitative estimate of drug-likeness (QED) is 0.904. The van der Waals surface area contributed by atoms with Crippen molar-refractivity contribution in [3.8, 4) is 0 Å². The molecule has 94 valence electrons. The number of hydrogen-bond donors (Lipinski definition) is 2. The van der Waals surface area contributed by atoms with Gasteiger partial charge in [-0.3, -0.25) is 4.79 Å². The number of hydrogen-bond acceptors (Lipinski definition) is 3. The largest absolute Gasteiger partial charge is 0.380 e. The van der Waals surface area contributed by atoms with E-state index >= 15 is 0 Å². The van der Waals surface area contributed by atoms with Crippen LogP contribution in [0.5, 0.6) is 0 Å². The van der Waals surface area contributed by atoms with E-state index in [1.807, 2.05) is 11.4 Å². The van der Waals surface area contributed by atoms with E-state index in [1.54, 1.807) is 17.4 Å². The van der Waals surface area contributed by atoms with Gasteiger partial charge in [-0.1, -0.05) is 0 Å². The smallest absolute Gasteiger partial charge is 0.251 e. The number of benzene rings is 1. The first-order valence-electron chi connectivity index (χ1n) is 5.12. The van der Waals surface area contributed by atoms with Gasteiger partial charge in [-0.15, -0.1) is 11.3 Å². The second kappa shape index (κ2) is 5.49. The van der Waals surface area contributed by atoms with Crippen LogP contribution in [0.25, 0.3) is 0 Å². The van der Waals surface area contributed by atoms with Crippen molar-refractivity contribution in [2.45, 2.75) is 6.54 Å². The predicted molar refractivity (Wildman–Crippen MR) is 74.3 cm³/mol. The van der Waals surface area contributed by atoms with Gasteiger partial charge < -0.3 is 11.1 Å². The Kier molecular flexibility index (Phi) is 3.98. The Morgan fingerprint density at radius 2 is 2.22 bits per heavy atom. The molecule has 2 rings (SSSR count). The molecule has 0 aliphatic heterocycles. The summed E-state index contributed by atoms with van der Waals surface area (Å²) >= 11 is 4.98. The molecule has 0 aliphatic carbocycles. The van der Waals surface area contributed by atoms with Crippen molar-refractivity contribution in [3.05, 3.63) is 50.4 Å². The molecule has 1 amide bonds. The summed E-state index contributed by atoms with van der Waals surface area (Å²) in [5, 5.41) is 5.09. The monoisotopic (exact) mass is 328 g/mol. The van der Waals surface area contributed by atoms with Crippen molar-refractivity contribution in [2.24, 2.45) is 5.73 Å². The van der Waals surface area contributed by atoms with Crippen molar-refractivity contribution < 1.29 is 9.18 Å². The third-order valence-electron chi connectivity index (χ3n) is 2.32. The van der Waals surface area contributed by atoms with E-state index in [9.17, 15) is 9.18 Å². The first-order chi connectivity index (χ1) is 8.56. The van der Waals surface area contributed by atoms with Gasteiger partial charge in [0.2, 0.25) is 0 Å². The normalized spacial score (nSPS) is 10.3. The SMILES string of the molecule is NC(=O)c1cc(NCc2cc(Br)cs2)ccc1F. The molecular formula is C12H10BrFN2OS. The van der Waals surface area contributed by atoms with E-state index in [4.69, 9.17) is 5.73 Å². The molecule has 0 spiro atoms. The van der Waals surface area contributed by atoms with Crippen LogP contribution in [0.15, 0.2) is 34.1 Å². The minimum Gasteiger partial charge on any atom is -0.380 e. The fourth-order valence-electron chi connectivity index (χ4n) is 1.46. The average molecular weight is 329 g/mol. The fraction of sp³-hybridized carbons (Fsp3) is 0.0833. The van der Waals surface area contributed by atoms with E-state index in [0.717, 1.165) is 9.35 Å². The minimum atomic E-state index is -0.769. The van der Waals surface area contributed by atoms with E-state index in [1.165, 1.54) is 12.1 Å². The van der Waals surface area contributed by atoms with Crippen LogP contribution in [0.2, 0.25) is 0 Å². The number of rotatable bonds is 4. The molecule has 18 heavy (non-hydrogen) atoms. The molecule has 0 aliphatic rings. The van der Waals surface area contributed by atoms with Crippen molar-refractivity contribution in [1.29, 1.82) is 0 Å². The lowest BCUT2D eigenvalue weighted by atomic mass is 10.2. The number of thiophene rings is 1. The minimum absolute atomic E-state index is 0.104. The molecule has 0 unspecified atom stereocenters. The number of primary amides is 1. The molecule has 3 nitrogen and oxygen atoms in total. The number of nitrogens with one attached hydrogen (secondary N) is 1. The average Bonchev–Trinajstić information content (AvgIpc) is 2.74. The number of carbonyl (C=O) groups excluding carboxylic acids is 1. The maximum Gasteiger partial charge on any atom is 0.251 e. The lowest BCUT2D eigenvalue weighted by molar-refractivity contribution is 0.0996. The van der Waals surface area contributed by atoms with Crippen LogP contribution >= 0.6 is 27.3 Å². The van der Waals surface area contributed by atoms with Crippen molar-refractivity contribution in [3.63, 3.8) is 0 Å². The third kappa shape index (κ3) is 3.08. The number of carbonyl (C=O) groups is 1. The van der Waals surface area contributed by atoms with Gasteiger partial charge >= 0.3 is 0 Å². The van der Waals surface area contributed by atoms with Gasteiger partial charge in [-0.2, -0.15) is 0 Å². The summed E-state index contributed by atoms with van der Waals surface area (Å²) in [4.78, 5) is 12.1. The van der Waals surface area contributed by atoms with Crippen LogP contribution in [0, 0.1) is 5.82 Å². The molecule has 0 atom stereocenters. The van der Waals surface area contributed by atoms with Crippen LogP contribution in [-0.2, 0) is 6.54 Å². The van der Waals surface area contributed by atoms with E-state index in [2.05, 4.69) is 21.2 Å². The summed E-state index contributed by atoms with van der Waals surface area (Å²) in [6.07, 6.45) is 0. The van der Waals surface area contributed by atoms with Gasteiger partial charge in [-0.05, 0) is 40.2 Å². The Labute approximate surface area is 116 Å². The van der Waals surface area contributed by atoms with Gasteiger partial charge in [0.1, 0.15) is 5.82 Å². The number of anilines is 1. The Morgan fingerprint density at radius 1 is 1.44 bits per heavy atom. The topological polar surface area (TPSA) is 55.1 Å². The molecule has 2 aromatic rings. The first kappa shape index (κ1) is 13.0. The van der Waals surface area contributed by atoms with Gasteiger partial charge in [-0.25, -0.2) is 4.39 Å². The number of halogens is 2. The van der Waals surface area contributed by atoms with Crippen LogP contribution in [0.4, 0.5) is 10.1 Å². The second-order valence-corrected chi connectivity index (χ2v) is 5.56. The highest BCUT2D eigenvalue weighted by atomic mass is 79.9. The van der Waals surface area contributed by atoms with Gasteiger partial charge in [0.05, 0.1) is 5.56 Å². The van der Waals surface area contributed by atoms with E-state index in [0.29, 0.717) is 12.2 Å². The third-order valence-corrected chi connectivity index (χ3v) is 4.02. The zero-order valence-electron chi connectivity index (χ0n) is 9.24. The van der Waals surface area contributed by atoms with E-state index < -0.39 is 11.7 Å². The van der Waals surface area contributed by atoms with Gasteiger partial charge in [0.15, 0.2) is 0 Å². The van der Waals surface area contributed by atoms with Crippen LogP contribution in [0.1, 0.15) is 15.2 Å². The van der Waals surface area contributed by atoms with Gasteiger partial charge in [0, 0.05) is 27.0 Å². The van der Waals surface area contributed by atoms with E-state index in [-0.39, 0.29) is 5.56 Å². The molecule has 6 heteroatoms. The lowest BCUT2D eigenvalue weighted by Gasteiger charge is -2.06. The summed E-state index contributed by atoms with van der Waals surface area (Å²) in [5.41, 5.74) is 5.64. The molecule has 3 N–H and O–H groups in total. The van der Waals surface area contributed by atoms with Crippen molar-refractivity contribution in [2.75, 3.05) is 5.32 Å². The van der Waals surface area contributed by atoms with Gasteiger partial charge in [0.25, 0.3) is 5.91 Å². The molecule has 0 fully saturated rings. The first-order valence-corrected chi connectivity index (χ1v) is 6.79. The molecule has 0 saturated carbocycles. The highest BCUT2D eigenvalue weighted by Crippen LogP contribution is 2.21. The lowest BCUT2D eigenvalue weighted by Crippen LogP contribution is -2.13. The second-order valence-electron chi connectivity index (χ2n) is 3.64. The summed E-state index contributed by atoms with van der Waals surface area (Å²) in [5.74, 6) is -1.37. The summed E-state index contributed by atoms with van der Waals surface area (Å²) < 4.78 is 14.3. The highest BCUT2D eigenvalue weighted by Gasteiger charge is 2.08. The maximum absolute atomic E-state index is 13.3. The molecule has 0 radical (unpaired) electrons. The Balaban J connectivity index is 2.10. The summed E-state index contributed by atoms with van der Waals surface area (Å²) in [6.45, 7) is 0.611. The molecule has 1 heterocycles. The standard InChI is InChI=1S/C12H10BrFN2OS/c13-7-3-9(18-6-7)5-16-8-1-2-11(14)10(4-8)12(15)17/h1-4,6,16H,5H2,(H2,15,17). The summed E-state index contributed by atoms with van der Waals surface area (Å²) in [7, 11) is 0. The molecule has 1 aromatic heterocycles. The number of nitrogens with two attached hydrogens (primary N) is 1. The molecular weight excluding hydrogens is 319 g/mol. The maximum atomic E-state index is 13.3. The zero-order chi connectivity index (χ0) is 13.1. The Hall–Kier alpha value is -1.40. The van der Waals surface area contributed by atoms with Crippen LogP contribution in [-0.4, -0.2) is 5.91 Å². The highest BCUT2D eigenvalue weighted by molar-refractivity contribution is 9.10. The van der Waals surface area contributed by atoms with Crippen molar-refractivity contribution in [1.82, 2.24) is 0 Å². The number of amides is 1. The van der Waals surface area contributed by atoms with Crippen LogP contribution in [0.3, 0.4) is 0 Å². The van der Waals surface area contributed by atoms with Crippen LogP contribution < -0.4 is 11.1 Å². The zero-order valence-corrected chi connectivity index (χ0v) is 11.6.